The Morgan fingerprint density at radius 1 is 0.500 bits per heavy atom. The third kappa shape index (κ3) is 42.5. The number of aliphatic hydroxyl groups excluding tert-OH is 2. The quantitative estimate of drug-likeness (QED) is 0.0246. The highest BCUT2D eigenvalue weighted by atomic mass is 16.5. The topological polar surface area (TPSA) is 95.9 Å². The molecule has 0 saturated heterocycles. The molecule has 0 spiro atoms. The summed E-state index contributed by atoms with van der Waals surface area (Å²) in [5, 5.41) is 23.8. The second-order valence-electron chi connectivity index (χ2n) is 17.6. The van der Waals surface area contributed by atoms with Gasteiger partial charge in [0.1, 0.15) is 6.10 Å². The van der Waals surface area contributed by atoms with Crippen molar-refractivity contribution in [3.63, 3.8) is 0 Å². The van der Waals surface area contributed by atoms with Gasteiger partial charge in [-0.05, 0) is 64.2 Å². The Balaban J connectivity index is 4.43. The molecule has 1 amide bonds. The summed E-state index contributed by atoms with van der Waals surface area (Å²) < 4.78 is 5.90. The third-order valence-corrected chi connectivity index (χ3v) is 11.7. The molecular formula is C54H99NO5. The maximum atomic E-state index is 13.2. The fourth-order valence-corrected chi connectivity index (χ4v) is 7.76. The first-order chi connectivity index (χ1) is 29.5. The van der Waals surface area contributed by atoms with Gasteiger partial charge in [-0.25, -0.2) is 0 Å². The number of carbonyl (C=O) groups is 2. The van der Waals surface area contributed by atoms with Crippen molar-refractivity contribution in [1.29, 1.82) is 0 Å². The number of rotatable bonds is 46. The Morgan fingerprint density at radius 3 is 1.47 bits per heavy atom. The molecule has 0 aliphatic rings. The van der Waals surface area contributed by atoms with Gasteiger partial charge in [0.2, 0.25) is 5.91 Å². The van der Waals surface area contributed by atoms with Gasteiger partial charge in [0.15, 0.2) is 0 Å². The van der Waals surface area contributed by atoms with Crippen LogP contribution < -0.4 is 5.32 Å². The van der Waals surface area contributed by atoms with Crippen LogP contribution in [0, 0.1) is 0 Å². The van der Waals surface area contributed by atoms with E-state index in [2.05, 4.69) is 74.7 Å². The van der Waals surface area contributed by atoms with Crippen LogP contribution in [0.25, 0.3) is 0 Å². The molecule has 0 aromatic rings. The lowest BCUT2D eigenvalue weighted by molar-refractivity contribution is -0.151. The maximum Gasteiger partial charge on any atom is 0.306 e. The van der Waals surface area contributed by atoms with Crippen LogP contribution in [0.5, 0.6) is 0 Å². The molecule has 0 aliphatic carbocycles. The highest BCUT2D eigenvalue weighted by molar-refractivity contribution is 5.77. The lowest BCUT2D eigenvalue weighted by atomic mass is 10.0. The number of unbranched alkanes of at least 4 members (excludes halogenated alkanes) is 28. The smallest absolute Gasteiger partial charge is 0.306 e. The van der Waals surface area contributed by atoms with E-state index in [0.717, 1.165) is 83.5 Å². The van der Waals surface area contributed by atoms with E-state index in [0.29, 0.717) is 19.3 Å². The molecule has 60 heavy (non-hydrogen) atoms. The van der Waals surface area contributed by atoms with Crippen LogP contribution in [0.3, 0.4) is 0 Å². The second kappa shape index (κ2) is 47.9. The van der Waals surface area contributed by atoms with Crippen molar-refractivity contribution in [3.8, 4) is 0 Å². The van der Waals surface area contributed by atoms with E-state index >= 15 is 0 Å². The zero-order valence-electron chi connectivity index (χ0n) is 39.8. The van der Waals surface area contributed by atoms with Crippen molar-refractivity contribution in [2.45, 2.75) is 277 Å². The number of esters is 1. The van der Waals surface area contributed by atoms with E-state index in [4.69, 9.17) is 4.74 Å². The molecule has 0 aromatic carbocycles. The number of hydrogen-bond acceptors (Lipinski definition) is 5. The molecule has 0 radical (unpaired) electrons. The van der Waals surface area contributed by atoms with Gasteiger partial charge in [0.25, 0.3) is 0 Å². The average molecular weight is 842 g/mol. The molecule has 0 aromatic heterocycles. The van der Waals surface area contributed by atoms with Gasteiger partial charge in [-0.2, -0.15) is 0 Å². The molecule has 0 bridgehead atoms. The van der Waals surface area contributed by atoms with Crippen LogP contribution in [0.15, 0.2) is 48.6 Å². The monoisotopic (exact) mass is 842 g/mol. The van der Waals surface area contributed by atoms with Crippen molar-refractivity contribution < 1.29 is 24.5 Å². The Kier molecular flexibility index (Phi) is 46.1. The summed E-state index contributed by atoms with van der Waals surface area (Å²) in [5.74, 6) is -0.501. The SMILES string of the molecule is CC/C=C/C=C/C=C/CCCCCCCCCC(=O)OC(CCCCC/C=C\CCCC)CC(=O)NC(CO)C(O)CCCCCCCCCCCCCCCCCCC. The Labute approximate surface area is 372 Å². The molecule has 3 N–H and O–H groups in total. The van der Waals surface area contributed by atoms with Crippen molar-refractivity contribution in [1.82, 2.24) is 5.32 Å². The van der Waals surface area contributed by atoms with Crippen LogP contribution in [-0.2, 0) is 14.3 Å². The van der Waals surface area contributed by atoms with Crippen LogP contribution in [0.1, 0.15) is 258 Å². The molecular weight excluding hydrogens is 743 g/mol. The van der Waals surface area contributed by atoms with Crippen molar-refractivity contribution >= 4 is 11.9 Å². The number of aliphatic hydroxyl groups is 2. The largest absolute Gasteiger partial charge is 0.462 e. The number of amides is 1. The molecule has 0 heterocycles. The summed E-state index contributed by atoms with van der Waals surface area (Å²) in [6.07, 6.45) is 57.5. The van der Waals surface area contributed by atoms with Crippen molar-refractivity contribution in [2.75, 3.05) is 6.61 Å². The van der Waals surface area contributed by atoms with Gasteiger partial charge in [-0.1, -0.05) is 230 Å². The fraction of sp³-hybridized carbons (Fsp3) is 0.815. The summed E-state index contributed by atoms with van der Waals surface area (Å²) >= 11 is 0. The van der Waals surface area contributed by atoms with Crippen LogP contribution in [0.4, 0.5) is 0 Å². The van der Waals surface area contributed by atoms with Crippen LogP contribution in [-0.4, -0.2) is 46.9 Å². The van der Waals surface area contributed by atoms with Gasteiger partial charge >= 0.3 is 5.97 Å². The Morgan fingerprint density at radius 2 is 0.933 bits per heavy atom. The summed E-state index contributed by atoms with van der Waals surface area (Å²) in [4.78, 5) is 26.1. The fourth-order valence-electron chi connectivity index (χ4n) is 7.76. The Bertz CT molecular complexity index is 1040. The zero-order chi connectivity index (χ0) is 43.8. The van der Waals surface area contributed by atoms with Crippen LogP contribution >= 0.6 is 0 Å². The number of nitrogens with one attached hydrogen (secondary N) is 1. The summed E-state index contributed by atoms with van der Waals surface area (Å²) in [7, 11) is 0. The molecule has 6 heteroatoms. The first kappa shape index (κ1) is 57.8. The molecule has 0 saturated carbocycles. The van der Waals surface area contributed by atoms with Gasteiger partial charge in [-0.3, -0.25) is 9.59 Å². The van der Waals surface area contributed by atoms with Gasteiger partial charge < -0.3 is 20.3 Å². The number of carbonyl (C=O) groups excluding carboxylic acids is 2. The van der Waals surface area contributed by atoms with Crippen LogP contribution in [0.2, 0.25) is 0 Å². The average Bonchev–Trinajstić information content (AvgIpc) is 3.24. The Hall–Kier alpha value is -2.18. The predicted molar refractivity (Wildman–Crippen MR) is 259 cm³/mol. The first-order valence-corrected chi connectivity index (χ1v) is 25.9. The molecule has 3 atom stereocenters. The van der Waals surface area contributed by atoms with E-state index in [1.54, 1.807) is 0 Å². The number of hydrogen-bond donors (Lipinski definition) is 3. The van der Waals surface area contributed by atoms with Crippen molar-refractivity contribution in [3.05, 3.63) is 48.6 Å². The minimum Gasteiger partial charge on any atom is -0.462 e. The standard InChI is InChI=1S/C54H99NO5/c1-4-7-10-13-16-19-21-23-25-26-28-29-31-34-37-40-43-46-52(57)51(49-56)55-53(58)48-50(45-42-39-36-33-18-15-12-9-6-3)60-54(59)47-44-41-38-35-32-30-27-24-22-20-17-14-11-8-5-2/h8,11,14-15,17-18,20,22,50-52,56-57H,4-7,9-10,12-13,16,19,21,23-49H2,1-3H3,(H,55,58)/b11-8+,17-14+,18-15-,22-20+. The van der Waals surface area contributed by atoms with E-state index in [1.165, 1.54) is 128 Å². The van der Waals surface area contributed by atoms with Gasteiger partial charge in [0.05, 0.1) is 25.2 Å². The maximum absolute atomic E-state index is 13.2. The van der Waals surface area contributed by atoms with Gasteiger partial charge in [0, 0.05) is 6.42 Å². The van der Waals surface area contributed by atoms with Gasteiger partial charge in [-0.15, -0.1) is 0 Å². The lowest BCUT2D eigenvalue weighted by Gasteiger charge is -2.24. The third-order valence-electron chi connectivity index (χ3n) is 11.7. The number of ether oxygens (including phenoxy) is 1. The lowest BCUT2D eigenvalue weighted by Crippen LogP contribution is -2.46. The molecule has 0 aliphatic heterocycles. The second-order valence-corrected chi connectivity index (χ2v) is 17.6. The highest BCUT2D eigenvalue weighted by Gasteiger charge is 2.24. The van der Waals surface area contributed by atoms with Crippen molar-refractivity contribution in [2.24, 2.45) is 0 Å². The first-order valence-electron chi connectivity index (χ1n) is 25.9. The summed E-state index contributed by atoms with van der Waals surface area (Å²) in [6.45, 7) is 6.31. The molecule has 0 rings (SSSR count). The summed E-state index contributed by atoms with van der Waals surface area (Å²) in [6, 6.07) is -0.707. The minimum absolute atomic E-state index is 0.0619. The summed E-state index contributed by atoms with van der Waals surface area (Å²) in [5.41, 5.74) is 0. The minimum atomic E-state index is -0.793. The molecule has 350 valence electrons. The molecule has 0 fully saturated rings. The normalized spacial score (nSPS) is 13.6. The van der Waals surface area contributed by atoms with E-state index < -0.39 is 18.2 Å². The zero-order valence-corrected chi connectivity index (χ0v) is 39.8. The van der Waals surface area contributed by atoms with E-state index in [-0.39, 0.29) is 24.9 Å². The predicted octanol–water partition coefficient (Wildman–Crippen LogP) is 15.5. The number of allylic oxidation sites excluding steroid dienone is 8. The molecule has 3 unspecified atom stereocenters. The van der Waals surface area contributed by atoms with E-state index in [9.17, 15) is 19.8 Å². The highest BCUT2D eigenvalue weighted by Crippen LogP contribution is 2.18. The molecule has 6 nitrogen and oxygen atoms in total. The van der Waals surface area contributed by atoms with E-state index in [1.807, 2.05) is 0 Å².